The van der Waals surface area contributed by atoms with Gasteiger partial charge in [0.25, 0.3) is 0 Å². The van der Waals surface area contributed by atoms with Gasteiger partial charge in [-0.05, 0) is 36.5 Å². The van der Waals surface area contributed by atoms with Gasteiger partial charge in [-0.15, -0.1) is 0 Å². The lowest BCUT2D eigenvalue weighted by molar-refractivity contribution is -0.203. The van der Waals surface area contributed by atoms with Gasteiger partial charge in [0.05, 0.1) is 6.61 Å². The molecule has 1 amide bonds. The molecule has 2 aliphatic heterocycles. The van der Waals surface area contributed by atoms with Crippen molar-refractivity contribution in [2.24, 2.45) is 5.92 Å². The van der Waals surface area contributed by atoms with E-state index in [0.29, 0.717) is 6.61 Å². The summed E-state index contributed by atoms with van der Waals surface area (Å²) in [6.07, 6.45) is 2.56. The molecule has 136 valence electrons. The molecule has 2 heterocycles. The third kappa shape index (κ3) is 3.71. The van der Waals surface area contributed by atoms with Crippen molar-refractivity contribution in [3.63, 3.8) is 0 Å². The van der Waals surface area contributed by atoms with Crippen LogP contribution in [-0.4, -0.2) is 67.2 Å². The predicted octanol–water partition coefficient (Wildman–Crippen LogP) is 1.24. The van der Waals surface area contributed by atoms with E-state index in [4.69, 9.17) is 4.74 Å². The number of morpholine rings is 1. The van der Waals surface area contributed by atoms with Crippen LogP contribution in [0.25, 0.3) is 0 Å². The molecular formula is C19H26FN3O2. The Morgan fingerprint density at radius 3 is 2.64 bits per heavy atom. The highest BCUT2D eigenvalue weighted by atomic mass is 19.1. The van der Waals surface area contributed by atoms with Crippen molar-refractivity contribution < 1.29 is 13.9 Å². The Kier molecular flexibility index (Phi) is 4.52. The molecule has 6 heteroatoms. The summed E-state index contributed by atoms with van der Waals surface area (Å²) in [5, 5.41) is 2.77. The van der Waals surface area contributed by atoms with Crippen LogP contribution in [0.4, 0.5) is 4.39 Å². The number of halogens is 1. The lowest BCUT2D eigenvalue weighted by atomic mass is 9.89. The normalized spacial score (nSPS) is 26.4. The number of carbonyl (C=O) groups excluding carboxylic acids is 1. The van der Waals surface area contributed by atoms with Crippen molar-refractivity contribution in [3.8, 4) is 0 Å². The fraction of sp³-hybridized carbons (Fsp3) is 0.632. The van der Waals surface area contributed by atoms with Gasteiger partial charge >= 0.3 is 0 Å². The number of benzene rings is 1. The number of likely N-dealkylation sites (tertiary alicyclic amines) is 1. The summed E-state index contributed by atoms with van der Waals surface area (Å²) in [6, 6.07) is 6.52. The Balaban J connectivity index is 1.35. The molecule has 0 bridgehead atoms. The van der Waals surface area contributed by atoms with Gasteiger partial charge in [-0.1, -0.05) is 12.1 Å². The zero-order valence-electron chi connectivity index (χ0n) is 14.7. The molecule has 3 fully saturated rings. The fourth-order valence-corrected chi connectivity index (χ4v) is 4.04. The number of nitrogens with zero attached hydrogens (tertiary/aromatic N) is 2. The molecule has 1 aliphatic carbocycles. The first kappa shape index (κ1) is 16.9. The maximum absolute atomic E-state index is 13.0. The zero-order valence-corrected chi connectivity index (χ0v) is 14.7. The van der Waals surface area contributed by atoms with Crippen molar-refractivity contribution in [2.75, 3.05) is 39.8 Å². The zero-order chi connectivity index (χ0) is 17.4. The molecule has 1 saturated carbocycles. The average Bonchev–Trinajstić information content (AvgIpc) is 3.39. The summed E-state index contributed by atoms with van der Waals surface area (Å²) < 4.78 is 19.2. The number of hydrogen-bond donors (Lipinski definition) is 1. The number of carbonyl (C=O) groups is 1. The van der Waals surface area contributed by atoms with E-state index in [2.05, 4.69) is 15.1 Å². The van der Waals surface area contributed by atoms with Crippen LogP contribution in [-0.2, 0) is 16.1 Å². The van der Waals surface area contributed by atoms with E-state index in [1.807, 2.05) is 12.1 Å². The molecule has 0 radical (unpaired) electrons. The van der Waals surface area contributed by atoms with Crippen molar-refractivity contribution >= 4 is 5.91 Å². The number of likely N-dealkylation sites (N-methyl/N-ethyl adjacent to an activating group) is 1. The maximum atomic E-state index is 13.0. The van der Waals surface area contributed by atoms with Gasteiger partial charge in [-0.2, -0.15) is 0 Å². The molecule has 25 heavy (non-hydrogen) atoms. The Morgan fingerprint density at radius 1 is 1.28 bits per heavy atom. The van der Waals surface area contributed by atoms with Crippen LogP contribution in [0.2, 0.25) is 0 Å². The van der Waals surface area contributed by atoms with E-state index in [1.54, 1.807) is 7.05 Å². The molecule has 1 N–H and O–H groups in total. The van der Waals surface area contributed by atoms with E-state index in [9.17, 15) is 9.18 Å². The van der Waals surface area contributed by atoms with E-state index in [-0.39, 0.29) is 23.4 Å². The van der Waals surface area contributed by atoms with Crippen LogP contribution in [0.1, 0.15) is 18.4 Å². The number of ether oxygens (including phenoxy) is 1. The first-order valence-corrected chi connectivity index (χ1v) is 9.13. The van der Waals surface area contributed by atoms with Crippen molar-refractivity contribution in [1.29, 1.82) is 0 Å². The lowest BCUT2D eigenvalue weighted by Gasteiger charge is -2.55. The minimum absolute atomic E-state index is 0.0537. The van der Waals surface area contributed by atoms with Gasteiger partial charge in [0, 0.05) is 39.8 Å². The van der Waals surface area contributed by atoms with Crippen molar-refractivity contribution in [2.45, 2.75) is 31.0 Å². The second kappa shape index (κ2) is 6.67. The summed E-state index contributed by atoms with van der Waals surface area (Å²) in [7, 11) is 1.69. The highest BCUT2D eigenvalue weighted by molar-refractivity contribution is 5.81. The van der Waals surface area contributed by atoms with E-state index < -0.39 is 0 Å². The van der Waals surface area contributed by atoms with Crippen LogP contribution >= 0.6 is 0 Å². The number of rotatable bonds is 5. The minimum atomic E-state index is -0.199. The second-order valence-corrected chi connectivity index (χ2v) is 7.77. The van der Waals surface area contributed by atoms with Crippen molar-refractivity contribution in [1.82, 2.24) is 15.1 Å². The van der Waals surface area contributed by atoms with Crippen LogP contribution in [0.5, 0.6) is 0 Å². The number of hydrogen-bond acceptors (Lipinski definition) is 4. The molecule has 5 nitrogen and oxygen atoms in total. The van der Waals surface area contributed by atoms with Crippen LogP contribution in [0.3, 0.4) is 0 Å². The summed E-state index contributed by atoms with van der Waals surface area (Å²) in [5.74, 6) is 0.603. The van der Waals surface area contributed by atoms with Gasteiger partial charge in [0.15, 0.2) is 0 Å². The monoisotopic (exact) mass is 347 g/mol. The highest BCUT2D eigenvalue weighted by Crippen LogP contribution is 2.36. The number of nitrogens with one attached hydrogen (secondary N) is 1. The van der Waals surface area contributed by atoms with Crippen molar-refractivity contribution in [3.05, 3.63) is 35.6 Å². The molecular weight excluding hydrogens is 321 g/mol. The minimum Gasteiger partial charge on any atom is -0.369 e. The van der Waals surface area contributed by atoms with E-state index in [1.165, 1.54) is 25.0 Å². The SMILES string of the molecule is CNC(=O)[C@@H]1COC2(CN(Cc3ccc(F)cc3)C2)CN1CC1CC1. The summed E-state index contributed by atoms with van der Waals surface area (Å²) in [6.45, 7) is 4.84. The van der Waals surface area contributed by atoms with Crippen LogP contribution in [0, 0.1) is 11.7 Å². The topological polar surface area (TPSA) is 44.8 Å². The van der Waals surface area contributed by atoms with Gasteiger partial charge in [0.1, 0.15) is 17.5 Å². The molecule has 1 aromatic carbocycles. The maximum Gasteiger partial charge on any atom is 0.239 e. The third-order valence-corrected chi connectivity index (χ3v) is 5.56. The lowest BCUT2D eigenvalue weighted by Crippen LogP contribution is -2.72. The van der Waals surface area contributed by atoms with Crippen LogP contribution in [0.15, 0.2) is 24.3 Å². The molecule has 0 unspecified atom stereocenters. The smallest absolute Gasteiger partial charge is 0.239 e. The first-order chi connectivity index (χ1) is 12.1. The highest BCUT2D eigenvalue weighted by Gasteiger charge is 2.50. The molecule has 2 saturated heterocycles. The van der Waals surface area contributed by atoms with Gasteiger partial charge in [0.2, 0.25) is 5.91 Å². The predicted molar refractivity (Wildman–Crippen MR) is 92.5 cm³/mol. The summed E-state index contributed by atoms with van der Waals surface area (Å²) in [5.41, 5.74) is 0.963. The second-order valence-electron chi connectivity index (χ2n) is 7.77. The Hall–Kier alpha value is -1.50. The molecule has 1 atom stereocenters. The quantitative estimate of drug-likeness (QED) is 0.870. The molecule has 1 spiro atoms. The third-order valence-electron chi connectivity index (χ3n) is 5.56. The average molecular weight is 347 g/mol. The Bertz CT molecular complexity index is 626. The molecule has 3 aliphatic rings. The molecule has 1 aromatic rings. The Labute approximate surface area is 148 Å². The molecule has 0 aromatic heterocycles. The van der Waals surface area contributed by atoms with Gasteiger partial charge in [-0.3, -0.25) is 14.6 Å². The standard InChI is InChI=1S/C19H26FN3O2/c1-21-18(24)17-10-25-19(13-23(17)9-15-2-3-15)11-22(12-19)8-14-4-6-16(20)7-5-14/h4-7,15,17H,2-3,8-13H2,1H3,(H,21,24)/t17-/m0/s1. The number of amides is 1. The molecule has 4 rings (SSSR count). The van der Waals surface area contributed by atoms with E-state index in [0.717, 1.165) is 44.2 Å². The summed E-state index contributed by atoms with van der Waals surface area (Å²) >= 11 is 0. The van der Waals surface area contributed by atoms with Gasteiger partial charge in [-0.25, -0.2) is 4.39 Å². The first-order valence-electron chi connectivity index (χ1n) is 9.13. The van der Waals surface area contributed by atoms with Crippen LogP contribution < -0.4 is 5.32 Å². The largest absolute Gasteiger partial charge is 0.369 e. The summed E-state index contributed by atoms with van der Waals surface area (Å²) in [4.78, 5) is 16.8. The Morgan fingerprint density at radius 2 is 2.00 bits per heavy atom. The van der Waals surface area contributed by atoms with E-state index >= 15 is 0 Å². The fourth-order valence-electron chi connectivity index (χ4n) is 4.04. The van der Waals surface area contributed by atoms with Gasteiger partial charge < -0.3 is 10.1 Å².